The van der Waals surface area contributed by atoms with Gasteiger partial charge in [0.25, 0.3) is 0 Å². The largest absolute Gasteiger partial charge is 0.436 e. The molecule has 2 aliphatic rings. The molecule has 0 spiro atoms. The topological polar surface area (TPSA) is 38.3 Å². The summed E-state index contributed by atoms with van der Waals surface area (Å²) in [6.45, 7) is 8.92. The Bertz CT molecular complexity index is 718. The molecule has 3 nitrogen and oxygen atoms in total. The summed E-state index contributed by atoms with van der Waals surface area (Å²) in [6, 6.07) is 6.76. The average molecular weight is 394 g/mol. The summed E-state index contributed by atoms with van der Waals surface area (Å²) in [5.41, 5.74) is 2.58. The molecular weight excluding hydrogens is 369 g/mol. The molecule has 0 aliphatic heterocycles. The number of alkyl halides is 1. The van der Waals surface area contributed by atoms with Crippen LogP contribution in [0.3, 0.4) is 0 Å². The maximum Gasteiger partial charge on any atom is 0.412 e. The molecule has 2 saturated carbocycles. The normalized spacial score (nSPS) is 21.9. The van der Waals surface area contributed by atoms with Crippen LogP contribution in [-0.2, 0) is 4.74 Å². The molecule has 2 atom stereocenters. The molecule has 0 radical (unpaired) electrons. The summed E-state index contributed by atoms with van der Waals surface area (Å²) in [5.74, 6) is 7.21. The lowest BCUT2D eigenvalue weighted by molar-refractivity contribution is 0.176. The van der Waals surface area contributed by atoms with Gasteiger partial charge in [0.1, 0.15) is 0 Å². The summed E-state index contributed by atoms with van der Waals surface area (Å²) in [7, 11) is 0. The number of rotatable bonds is 2. The number of carbonyl (C=O) groups excluding carboxylic acids is 1. The molecule has 26 heavy (non-hydrogen) atoms. The fourth-order valence-electron chi connectivity index (χ4n) is 3.66. The van der Waals surface area contributed by atoms with Gasteiger partial charge < -0.3 is 4.74 Å². The molecule has 0 saturated heterocycles. The van der Waals surface area contributed by atoms with Crippen LogP contribution < -0.4 is 5.32 Å². The molecule has 1 aromatic rings. The highest BCUT2D eigenvalue weighted by Crippen LogP contribution is 2.58. The van der Waals surface area contributed by atoms with E-state index in [1.54, 1.807) is 24.3 Å². The number of ether oxygens (including phenoxy) is 1. The lowest BCUT2D eigenvalue weighted by Gasteiger charge is -2.31. The Labute approximate surface area is 166 Å². The van der Waals surface area contributed by atoms with E-state index in [1.807, 2.05) is 0 Å². The zero-order valence-corrected chi connectivity index (χ0v) is 16.8. The van der Waals surface area contributed by atoms with Crippen molar-refractivity contribution in [1.29, 1.82) is 0 Å². The molecular formula is C21H25Cl2NO2. The second-order valence-corrected chi connectivity index (χ2v) is 7.86. The van der Waals surface area contributed by atoms with E-state index in [0.29, 0.717) is 16.1 Å². The molecule has 1 N–H and O–H groups in total. The first-order chi connectivity index (χ1) is 12.3. The van der Waals surface area contributed by atoms with E-state index in [4.69, 9.17) is 27.9 Å². The van der Waals surface area contributed by atoms with Crippen LogP contribution in [0.1, 0.15) is 33.1 Å². The first-order valence-electron chi connectivity index (χ1n) is 8.75. The maximum atomic E-state index is 11.2. The predicted molar refractivity (Wildman–Crippen MR) is 109 cm³/mol. The van der Waals surface area contributed by atoms with Crippen LogP contribution in [0.4, 0.5) is 10.5 Å². The summed E-state index contributed by atoms with van der Waals surface area (Å²) < 4.78 is 4.76. The maximum absolute atomic E-state index is 11.2. The number of benzene rings is 1. The number of carbonyl (C=O) groups is 1. The number of amides is 1. The number of hydrogen-bond donors (Lipinski definition) is 1. The van der Waals surface area contributed by atoms with Crippen molar-refractivity contribution < 1.29 is 9.53 Å². The van der Waals surface area contributed by atoms with Crippen LogP contribution in [0, 0.1) is 29.1 Å². The zero-order chi connectivity index (χ0) is 19.2. The zero-order valence-electron chi connectivity index (χ0n) is 15.3. The molecule has 2 bridgehead atoms. The molecule has 5 heteroatoms. The monoisotopic (exact) mass is 393 g/mol. The molecule has 2 fully saturated rings. The molecule has 0 aromatic heterocycles. The van der Waals surface area contributed by atoms with E-state index in [2.05, 4.69) is 37.6 Å². The Morgan fingerprint density at radius 2 is 2.15 bits per heavy atom. The minimum absolute atomic E-state index is 0.0130. The lowest BCUT2D eigenvalue weighted by atomic mass is 9.73. The van der Waals surface area contributed by atoms with Crippen LogP contribution in [0.5, 0.6) is 0 Å². The molecule has 2 aliphatic carbocycles. The fourth-order valence-corrected chi connectivity index (χ4v) is 3.95. The van der Waals surface area contributed by atoms with E-state index in [-0.39, 0.29) is 12.5 Å². The summed E-state index contributed by atoms with van der Waals surface area (Å²) in [4.78, 5) is 11.2. The summed E-state index contributed by atoms with van der Waals surface area (Å²) in [5, 5.41) is 3.05. The average Bonchev–Trinajstić information content (AvgIpc) is 3.15. The third-order valence-corrected chi connectivity index (χ3v) is 5.68. The van der Waals surface area contributed by atoms with Crippen LogP contribution in [0.2, 0.25) is 5.02 Å². The van der Waals surface area contributed by atoms with Crippen molar-refractivity contribution >= 4 is 35.0 Å². The van der Waals surface area contributed by atoms with Gasteiger partial charge in [-0.05, 0) is 54.7 Å². The summed E-state index contributed by atoms with van der Waals surface area (Å²) >= 11 is 11.1. The Balaban J connectivity index is 0.000000206. The number of hydrogen-bond acceptors (Lipinski definition) is 2. The quantitative estimate of drug-likeness (QED) is 0.372. The molecule has 1 aromatic carbocycles. The number of nitrogens with one attached hydrogen (secondary N) is 1. The van der Waals surface area contributed by atoms with Crippen molar-refractivity contribution in [1.82, 2.24) is 0 Å². The minimum Gasteiger partial charge on any atom is -0.436 e. The third kappa shape index (κ3) is 5.43. The van der Waals surface area contributed by atoms with Crippen molar-refractivity contribution in [3.8, 4) is 11.8 Å². The van der Waals surface area contributed by atoms with Gasteiger partial charge in [0.05, 0.1) is 5.88 Å². The van der Waals surface area contributed by atoms with E-state index >= 15 is 0 Å². The van der Waals surface area contributed by atoms with Crippen molar-refractivity contribution in [3.63, 3.8) is 0 Å². The van der Waals surface area contributed by atoms with Gasteiger partial charge in [-0.25, -0.2) is 4.79 Å². The van der Waals surface area contributed by atoms with Gasteiger partial charge >= 0.3 is 6.09 Å². The van der Waals surface area contributed by atoms with E-state index in [1.165, 1.54) is 24.8 Å². The van der Waals surface area contributed by atoms with Gasteiger partial charge in [0.15, 0.2) is 6.61 Å². The van der Waals surface area contributed by atoms with Crippen LogP contribution in [0.25, 0.3) is 0 Å². The van der Waals surface area contributed by atoms with Gasteiger partial charge in [0.2, 0.25) is 0 Å². The van der Waals surface area contributed by atoms with Gasteiger partial charge in [-0.1, -0.05) is 55.5 Å². The van der Waals surface area contributed by atoms with Crippen molar-refractivity contribution in [3.05, 3.63) is 41.4 Å². The molecule has 2 unspecified atom stereocenters. The van der Waals surface area contributed by atoms with Crippen LogP contribution in [-0.4, -0.2) is 18.6 Å². The Kier molecular flexibility index (Phi) is 7.43. The molecule has 1 amide bonds. The second kappa shape index (κ2) is 9.35. The third-order valence-electron chi connectivity index (χ3n) is 5.31. The van der Waals surface area contributed by atoms with E-state index in [9.17, 15) is 4.79 Å². The van der Waals surface area contributed by atoms with Gasteiger partial charge in [-0.2, -0.15) is 0 Å². The van der Waals surface area contributed by atoms with Gasteiger partial charge in [-0.3, -0.25) is 5.32 Å². The predicted octanol–water partition coefficient (Wildman–Crippen LogP) is 6.13. The highest BCUT2D eigenvalue weighted by atomic mass is 35.5. The Morgan fingerprint density at radius 3 is 2.69 bits per heavy atom. The van der Waals surface area contributed by atoms with Crippen molar-refractivity contribution in [2.24, 2.45) is 17.3 Å². The highest BCUT2D eigenvalue weighted by molar-refractivity contribution is 6.30. The van der Waals surface area contributed by atoms with Crippen LogP contribution in [0.15, 0.2) is 36.4 Å². The SMILES string of the molecule is C=C1C2CCC(C2)C1(C)C.O=C(Nc1cccc(Cl)c1)OCC#CCCl. The van der Waals surface area contributed by atoms with Gasteiger partial charge in [-0.15, -0.1) is 11.6 Å². The lowest BCUT2D eigenvalue weighted by Crippen LogP contribution is -2.21. The minimum atomic E-state index is -0.578. The van der Waals surface area contributed by atoms with Crippen LogP contribution >= 0.6 is 23.2 Å². The summed E-state index contributed by atoms with van der Waals surface area (Å²) in [6.07, 6.45) is 3.74. The Morgan fingerprint density at radius 1 is 1.38 bits per heavy atom. The highest BCUT2D eigenvalue weighted by Gasteiger charge is 2.47. The first-order valence-corrected chi connectivity index (χ1v) is 9.66. The van der Waals surface area contributed by atoms with E-state index in [0.717, 1.165) is 11.8 Å². The second-order valence-electron chi connectivity index (χ2n) is 7.15. The molecule has 140 valence electrons. The standard InChI is InChI=1S/C11H9Cl2NO2.C10H16/c12-6-1-2-7-16-11(15)14-10-5-3-4-9(13)8-10;1-7-8-4-5-9(6-8)10(7,2)3/h3-5,8H,6-7H2,(H,14,15);8-9H,1,4-6H2,2-3H3. The fraction of sp³-hybridized carbons (Fsp3) is 0.476. The molecule has 3 rings (SSSR count). The van der Waals surface area contributed by atoms with Crippen molar-refractivity contribution in [2.75, 3.05) is 17.8 Å². The molecule has 0 heterocycles. The van der Waals surface area contributed by atoms with Gasteiger partial charge in [0, 0.05) is 10.7 Å². The smallest absolute Gasteiger partial charge is 0.412 e. The number of allylic oxidation sites excluding steroid dienone is 1. The first kappa shape index (κ1) is 20.7. The Hall–Kier alpha value is -1.63. The van der Waals surface area contributed by atoms with Crippen molar-refractivity contribution in [2.45, 2.75) is 33.1 Å². The number of anilines is 1. The number of fused-ring (bicyclic) bond motifs is 2. The number of halogens is 2. The van der Waals surface area contributed by atoms with E-state index < -0.39 is 6.09 Å².